The van der Waals surface area contributed by atoms with E-state index in [0.29, 0.717) is 0 Å². The molecule has 12 nitrogen and oxygen atoms in total. The van der Waals surface area contributed by atoms with Crippen LogP contribution in [0.25, 0.3) is 0 Å². The average molecular weight is 589 g/mol. The monoisotopic (exact) mass is 588 g/mol. The van der Waals surface area contributed by atoms with Crippen molar-refractivity contribution in [1.29, 1.82) is 0 Å². The van der Waals surface area contributed by atoms with Crippen LogP contribution in [-0.4, -0.2) is 56.5 Å². The molecule has 1 unspecified atom stereocenters. The molecule has 0 bridgehead atoms. The van der Waals surface area contributed by atoms with Crippen LogP contribution < -0.4 is 21.0 Å². The summed E-state index contributed by atoms with van der Waals surface area (Å²) < 4.78 is 36.8. The van der Waals surface area contributed by atoms with E-state index in [-0.39, 0.29) is 11.6 Å². The van der Waals surface area contributed by atoms with Crippen molar-refractivity contribution in [3.8, 4) is 17.0 Å². The largest absolute Gasteiger partial charge is 0.462 e. The standard InChI is InChI=1S/C23H27Cl2N4O8P/c1-14(2)35-20(31)15(3)28-38(33,37-16-7-5-4-6-8-16)34-13-17-19(30)23(25,10-11-24)21(36-17)29-12-9-18(26)27-22(29)32/h4-9,12,14-15,17,19,21,30H,13H2,1-3H3,(H,28,33)(H2,26,27,32)/t15-,17+,19?,21+,23+,38-/m0/s1. The van der Waals surface area contributed by atoms with E-state index in [1.54, 1.807) is 32.0 Å². The number of alkyl halides is 1. The van der Waals surface area contributed by atoms with Crippen molar-refractivity contribution in [2.75, 3.05) is 12.3 Å². The number of aliphatic hydroxyl groups is 1. The maximum absolute atomic E-state index is 13.7. The Bertz CT molecular complexity index is 1300. The van der Waals surface area contributed by atoms with E-state index in [4.69, 9.17) is 47.5 Å². The normalized spacial score (nSPS) is 25.2. The molecule has 2 heterocycles. The zero-order valence-electron chi connectivity index (χ0n) is 20.6. The predicted molar refractivity (Wildman–Crippen MR) is 139 cm³/mol. The van der Waals surface area contributed by atoms with E-state index in [9.17, 15) is 19.3 Å². The Labute approximate surface area is 228 Å². The molecule has 1 aliphatic rings. The number of benzene rings is 1. The SMILES string of the molecule is CC(C)OC(=O)[C@H](C)N[P@](=O)(OC[C@H]1O[C@@H](n2ccc(N)nc2=O)[C@@](Cl)(C#CCl)C1O)Oc1ccccc1. The minimum absolute atomic E-state index is 0.0385. The van der Waals surface area contributed by atoms with Gasteiger partial charge in [-0.2, -0.15) is 10.1 Å². The Balaban J connectivity index is 1.86. The Morgan fingerprint density at radius 2 is 2.03 bits per heavy atom. The van der Waals surface area contributed by atoms with Gasteiger partial charge in [0.1, 0.15) is 29.8 Å². The summed E-state index contributed by atoms with van der Waals surface area (Å²) >= 11 is 12.2. The second kappa shape index (κ2) is 12.5. The highest BCUT2D eigenvalue weighted by Gasteiger charge is 2.56. The number of aromatic nitrogens is 2. The number of nitrogen functional groups attached to an aromatic ring is 1. The molecule has 0 radical (unpaired) electrons. The summed E-state index contributed by atoms with van der Waals surface area (Å²) in [5, 5.41) is 15.6. The van der Waals surface area contributed by atoms with Crippen molar-refractivity contribution >= 4 is 42.7 Å². The maximum Gasteiger partial charge on any atom is 0.459 e. The Kier molecular flexibility index (Phi) is 9.84. The van der Waals surface area contributed by atoms with Crippen molar-refractivity contribution in [3.63, 3.8) is 0 Å². The molecule has 1 saturated heterocycles. The number of nitrogens with one attached hydrogen (secondary N) is 1. The Morgan fingerprint density at radius 3 is 2.63 bits per heavy atom. The van der Waals surface area contributed by atoms with Gasteiger partial charge in [-0.05, 0) is 50.6 Å². The molecule has 0 aliphatic carbocycles. The lowest BCUT2D eigenvalue weighted by atomic mass is 9.99. The third kappa shape index (κ3) is 7.07. The van der Waals surface area contributed by atoms with Gasteiger partial charge in [0.2, 0.25) is 0 Å². The second-order valence-electron chi connectivity index (χ2n) is 8.54. The Hall–Kier alpha value is -2.62. The Morgan fingerprint density at radius 1 is 1.34 bits per heavy atom. The van der Waals surface area contributed by atoms with Gasteiger partial charge in [0, 0.05) is 11.6 Å². The number of carbonyl (C=O) groups excluding carboxylic acids is 1. The molecule has 15 heteroatoms. The fraction of sp³-hybridized carbons (Fsp3) is 0.435. The number of hydrogen-bond acceptors (Lipinski definition) is 10. The molecule has 6 atom stereocenters. The van der Waals surface area contributed by atoms with E-state index >= 15 is 0 Å². The highest BCUT2D eigenvalue weighted by molar-refractivity contribution is 7.52. The first-order chi connectivity index (χ1) is 17.9. The smallest absolute Gasteiger partial charge is 0.459 e. The number of rotatable bonds is 10. The summed E-state index contributed by atoms with van der Waals surface area (Å²) in [4.78, 5) is 26.5. The highest BCUT2D eigenvalue weighted by Crippen LogP contribution is 2.48. The number of halogens is 2. The summed E-state index contributed by atoms with van der Waals surface area (Å²) in [7, 11) is -4.28. The number of para-hydroxylation sites is 1. The van der Waals surface area contributed by atoms with Crippen molar-refractivity contribution in [1.82, 2.24) is 14.6 Å². The lowest BCUT2D eigenvalue weighted by Gasteiger charge is -2.26. The van der Waals surface area contributed by atoms with Gasteiger partial charge >= 0.3 is 19.4 Å². The minimum Gasteiger partial charge on any atom is -0.462 e. The molecule has 3 rings (SSSR count). The second-order valence-corrected chi connectivity index (χ2v) is 11.0. The molecule has 1 aromatic heterocycles. The first-order valence-corrected chi connectivity index (χ1v) is 13.7. The number of aliphatic hydroxyl groups excluding tert-OH is 1. The van der Waals surface area contributed by atoms with E-state index in [1.165, 1.54) is 31.3 Å². The molecule has 206 valence electrons. The van der Waals surface area contributed by atoms with Crippen LogP contribution >= 0.6 is 30.9 Å². The molecule has 0 spiro atoms. The number of anilines is 1. The van der Waals surface area contributed by atoms with Crippen LogP contribution in [-0.2, 0) is 23.4 Å². The van der Waals surface area contributed by atoms with Gasteiger partial charge in [0.15, 0.2) is 11.1 Å². The van der Waals surface area contributed by atoms with Crippen LogP contribution in [0.3, 0.4) is 0 Å². The van der Waals surface area contributed by atoms with E-state index < -0.39 is 61.5 Å². The lowest BCUT2D eigenvalue weighted by molar-refractivity contribution is -0.149. The van der Waals surface area contributed by atoms with Gasteiger partial charge in [0.25, 0.3) is 0 Å². The van der Waals surface area contributed by atoms with Crippen molar-refractivity contribution in [2.24, 2.45) is 0 Å². The quantitative estimate of drug-likeness (QED) is 0.161. The highest BCUT2D eigenvalue weighted by atomic mass is 35.5. The topological polar surface area (TPSA) is 164 Å². The first kappa shape index (κ1) is 29.9. The predicted octanol–water partition coefficient (Wildman–Crippen LogP) is 2.39. The number of nitrogens with two attached hydrogens (primary N) is 1. The van der Waals surface area contributed by atoms with Crippen LogP contribution in [0.4, 0.5) is 5.82 Å². The molecule has 0 amide bonds. The number of ether oxygens (including phenoxy) is 2. The van der Waals surface area contributed by atoms with E-state index in [2.05, 4.69) is 21.4 Å². The maximum atomic E-state index is 13.7. The summed E-state index contributed by atoms with van der Waals surface area (Å²) in [5.74, 6) is 1.90. The zero-order chi connectivity index (χ0) is 28.1. The van der Waals surface area contributed by atoms with Crippen LogP contribution in [0.15, 0.2) is 47.4 Å². The van der Waals surface area contributed by atoms with Crippen LogP contribution in [0, 0.1) is 11.3 Å². The van der Waals surface area contributed by atoms with Gasteiger partial charge in [0.05, 0.1) is 12.7 Å². The van der Waals surface area contributed by atoms with Crippen LogP contribution in [0.2, 0.25) is 0 Å². The number of esters is 1. The van der Waals surface area contributed by atoms with Crippen molar-refractivity contribution in [3.05, 3.63) is 53.1 Å². The van der Waals surface area contributed by atoms with Crippen LogP contribution in [0.1, 0.15) is 27.0 Å². The fourth-order valence-electron chi connectivity index (χ4n) is 3.47. The number of carbonyl (C=O) groups is 1. The van der Waals surface area contributed by atoms with Gasteiger partial charge in [-0.15, -0.1) is 0 Å². The van der Waals surface area contributed by atoms with Crippen molar-refractivity contribution in [2.45, 2.75) is 56.2 Å². The summed E-state index contributed by atoms with van der Waals surface area (Å²) in [5.41, 5.74) is 4.73. The minimum atomic E-state index is -4.28. The molecule has 0 saturated carbocycles. The van der Waals surface area contributed by atoms with Gasteiger partial charge in [-0.1, -0.05) is 35.7 Å². The molecule has 38 heavy (non-hydrogen) atoms. The molecule has 4 N–H and O–H groups in total. The number of nitrogens with zero attached hydrogens (tertiary/aromatic N) is 2. The fourth-order valence-corrected chi connectivity index (χ4v) is 5.52. The summed E-state index contributed by atoms with van der Waals surface area (Å²) in [6.07, 6.45) is -3.37. The molecular formula is C23H27Cl2N4O8P. The van der Waals surface area contributed by atoms with Crippen LogP contribution in [0.5, 0.6) is 5.75 Å². The molecule has 2 aromatic rings. The summed E-state index contributed by atoms with van der Waals surface area (Å²) in [6, 6.07) is 8.32. The average Bonchev–Trinajstić information content (AvgIpc) is 3.08. The lowest BCUT2D eigenvalue weighted by Crippen LogP contribution is -2.43. The third-order valence-corrected chi connectivity index (χ3v) is 7.47. The van der Waals surface area contributed by atoms with Crippen molar-refractivity contribution < 1.29 is 33.0 Å². The zero-order valence-corrected chi connectivity index (χ0v) is 23.0. The summed E-state index contributed by atoms with van der Waals surface area (Å²) in [6.45, 7) is 4.20. The van der Waals surface area contributed by atoms with Gasteiger partial charge in [-0.25, -0.2) is 9.36 Å². The van der Waals surface area contributed by atoms with Gasteiger partial charge < -0.3 is 24.8 Å². The first-order valence-electron chi connectivity index (χ1n) is 11.4. The number of hydrogen-bond donors (Lipinski definition) is 3. The van der Waals surface area contributed by atoms with E-state index in [1.807, 2.05) is 0 Å². The molecule has 1 fully saturated rings. The molecule has 1 aromatic carbocycles. The molecule has 1 aliphatic heterocycles. The molecular weight excluding hydrogens is 562 g/mol. The third-order valence-electron chi connectivity index (χ3n) is 5.22. The van der Waals surface area contributed by atoms with E-state index in [0.717, 1.165) is 4.57 Å². The van der Waals surface area contributed by atoms with Gasteiger partial charge in [-0.3, -0.25) is 13.9 Å².